The number of rotatable bonds is 5. The lowest BCUT2D eigenvalue weighted by atomic mass is 9.79. The highest BCUT2D eigenvalue weighted by Gasteiger charge is 2.32. The van der Waals surface area contributed by atoms with E-state index in [-0.39, 0.29) is 5.41 Å². The first-order valence-corrected chi connectivity index (χ1v) is 7.20. The molecule has 2 N–H and O–H groups in total. The Balaban J connectivity index is 2.09. The second-order valence-corrected chi connectivity index (χ2v) is 5.77. The monoisotopic (exact) mass is 293 g/mol. The molecule has 20 heavy (non-hydrogen) atoms. The van der Waals surface area contributed by atoms with Crippen molar-refractivity contribution in [3.63, 3.8) is 0 Å². The Morgan fingerprint density at radius 3 is 2.85 bits per heavy atom. The van der Waals surface area contributed by atoms with Gasteiger partial charge in [-0.05, 0) is 44.1 Å². The van der Waals surface area contributed by atoms with E-state index in [1.165, 1.54) is 0 Å². The van der Waals surface area contributed by atoms with Crippen LogP contribution in [0, 0.1) is 16.7 Å². The van der Waals surface area contributed by atoms with E-state index < -0.39 is 0 Å². The van der Waals surface area contributed by atoms with Crippen molar-refractivity contribution in [3.8, 4) is 6.07 Å². The molecule has 0 aliphatic carbocycles. The lowest BCUT2D eigenvalue weighted by Crippen LogP contribution is -2.44. The number of hydrogen-bond acceptors (Lipinski definition) is 4. The van der Waals surface area contributed by atoms with Crippen LogP contribution in [0.5, 0.6) is 0 Å². The molecule has 1 heterocycles. The van der Waals surface area contributed by atoms with Gasteiger partial charge < -0.3 is 15.4 Å². The molecule has 4 nitrogen and oxygen atoms in total. The lowest BCUT2D eigenvalue weighted by molar-refractivity contribution is 0.0636. The van der Waals surface area contributed by atoms with E-state index in [2.05, 4.69) is 16.7 Å². The van der Waals surface area contributed by atoms with Crippen LogP contribution in [0.2, 0.25) is 5.02 Å². The minimum absolute atomic E-state index is 0.120. The Hall–Kier alpha value is -1.28. The first kappa shape index (κ1) is 15.1. The van der Waals surface area contributed by atoms with Crippen molar-refractivity contribution in [1.82, 2.24) is 5.32 Å². The van der Waals surface area contributed by atoms with E-state index in [0.717, 1.165) is 44.8 Å². The Morgan fingerprint density at radius 2 is 2.20 bits per heavy atom. The molecule has 0 bridgehead atoms. The first-order chi connectivity index (χ1) is 9.69. The fourth-order valence-electron chi connectivity index (χ4n) is 2.68. The number of hydrogen-bond donors (Lipinski definition) is 2. The zero-order chi connectivity index (χ0) is 14.4. The number of nitrogens with zero attached hydrogens (tertiary/aromatic N) is 1. The maximum Gasteiger partial charge on any atom is 0.101 e. The number of anilines is 1. The molecule has 0 saturated carbocycles. The summed E-state index contributed by atoms with van der Waals surface area (Å²) in [4.78, 5) is 0. The average Bonchev–Trinajstić information content (AvgIpc) is 2.47. The smallest absolute Gasteiger partial charge is 0.101 e. The van der Waals surface area contributed by atoms with Gasteiger partial charge in [0.05, 0.1) is 17.9 Å². The van der Waals surface area contributed by atoms with Gasteiger partial charge in [-0.1, -0.05) is 11.6 Å². The van der Waals surface area contributed by atoms with Gasteiger partial charge in [-0.15, -0.1) is 0 Å². The molecule has 1 fully saturated rings. The minimum atomic E-state index is 0.120. The van der Waals surface area contributed by atoms with Gasteiger partial charge in [-0.3, -0.25) is 0 Å². The van der Waals surface area contributed by atoms with E-state index in [9.17, 15) is 0 Å². The molecular weight excluding hydrogens is 274 g/mol. The van der Waals surface area contributed by atoms with Crippen LogP contribution in [0.4, 0.5) is 5.69 Å². The molecule has 1 aromatic rings. The fraction of sp³-hybridized carbons (Fsp3) is 0.533. The SMILES string of the molecule is COCC1(CNc2cc(Cl)ccc2C#N)CCNCC1. The molecule has 0 spiro atoms. The van der Waals surface area contributed by atoms with Gasteiger partial charge in [0.25, 0.3) is 0 Å². The predicted octanol–water partition coefficient (Wildman–Crippen LogP) is 2.64. The number of halogens is 1. The van der Waals surface area contributed by atoms with Crippen molar-refractivity contribution < 1.29 is 4.74 Å². The second kappa shape index (κ2) is 6.94. The molecule has 0 amide bonds. The standard InChI is InChI=1S/C15H20ClN3O/c1-20-11-15(4-6-18-7-5-15)10-19-14-8-13(16)3-2-12(14)9-17/h2-3,8,18-19H,4-7,10-11H2,1H3. The van der Waals surface area contributed by atoms with Crippen LogP contribution in [0.15, 0.2) is 18.2 Å². The molecule has 1 aromatic carbocycles. The molecule has 1 aliphatic heterocycles. The molecule has 5 heteroatoms. The van der Waals surface area contributed by atoms with Gasteiger partial charge in [-0.2, -0.15) is 5.26 Å². The summed E-state index contributed by atoms with van der Waals surface area (Å²) in [7, 11) is 1.74. The van der Waals surface area contributed by atoms with Crippen LogP contribution >= 0.6 is 11.6 Å². The van der Waals surface area contributed by atoms with Crippen LogP contribution in [0.1, 0.15) is 18.4 Å². The third-order valence-corrected chi connectivity index (χ3v) is 4.11. The molecule has 1 aliphatic rings. The number of piperidine rings is 1. The van der Waals surface area contributed by atoms with E-state index >= 15 is 0 Å². The van der Waals surface area contributed by atoms with E-state index in [1.807, 2.05) is 6.07 Å². The summed E-state index contributed by atoms with van der Waals surface area (Å²) < 4.78 is 5.39. The zero-order valence-electron chi connectivity index (χ0n) is 11.7. The minimum Gasteiger partial charge on any atom is -0.384 e. The first-order valence-electron chi connectivity index (χ1n) is 6.82. The van der Waals surface area contributed by atoms with Crippen molar-refractivity contribution >= 4 is 17.3 Å². The maximum absolute atomic E-state index is 9.15. The Bertz CT molecular complexity index is 487. The predicted molar refractivity (Wildman–Crippen MR) is 81.1 cm³/mol. The van der Waals surface area contributed by atoms with Gasteiger partial charge in [0.15, 0.2) is 0 Å². The highest BCUT2D eigenvalue weighted by atomic mass is 35.5. The number of ether oxygens (including phenoxy) is 1. The molecule has 2 rings (SSSR count). The quantitative estimate of drug-likeness (QED) is 0.876. The van der Waals surface area contributed by atoms with Gasteiger partial charge in [0.2, 0.25) is 0 Å². The largest absolute Gasteiger partial charge is 0.384 e. The van der Waals surface area contributed by atoms with E-state index in [0.29, 0.717) is 10.6 Å². The Labute approximate surface area is 125 Å². The van der Waals surface area contributed by atoms with Crippen LogP contribution < -0.4 is 10.6 Å². The normalized spacial score (nSPS) is 17.4. The maximum atomic E-state index is 9.15. The number of nitriles is 1. The summed E-state index contributed by atoms with van der Waals surface area (Å²) in [5.41, 5.74) is 1.54. The number of benzene rings is 1. The highest BCUT2D eigenvalue weighted by molar-refractivity contribution is 6.30. The van der Waals surface area contributed by atoms with Gasteiger partial charge in [-0.25, -0.2) is 0 Å². The molecule has 1 saturated heterocycles. The Kier molecular flexibility index (Phi) is 5.24. The number of nitrogens with one attached hydrogen (secondary N) is 2. The molecule has 0 radical (unpaired) electrons. The Morgan fingerprint density at radius 1 is 1.45 bits per heavy atom. The van der Waals surface area contributed by atoms with Crippen molar-refractivity contribution in [2.75, 3.05) is 38.7 Å². The van der Waals surface area contributed by atoms with Gasteiger partial charge >= 0.3 is 0 Å². The third-order valence-electron chi connectivity index (χ3n) is 3.87. The molecule has 108 valence electrons. The molecular formula is C15H20ClN3O. The van der Waals surface area contributed by atoms with E-state index in [1.54, 1.807) is 19.2 Å². The molecule has 0 aromatic heterocycles. The van der Waals surface area contributed by atoms with Crippen molar-refractivity contribution in [1.29, 1.82) is 5.26 Å². The van der Waals surface area contributed by atoms with E-state index in [4.69, 9.17) is 21.6 Å². The molecule has 0 unspecified atom stereocenters. The summed E-state index contributed by atoms with van der Waals surface area (Å²) in [6.07, 6.45) is 2.13. The van der Waals surface area contributed by atoms with Crippen LogP contribution in [-0.4, -0.2) is 33.4 Å². The van der Waals surface area contributed by atoms with Crippen LogP contribution in [0.3, 0.4) is 0 Å². The third kappa shape index (κ3) is 3.63. The summed E-state index contributed by atoms with van der Waals surface area (Å²) in [6, 6.07) is 7.48. The van der Waals surface area contributed by atoms with Gasteiger partial charge in [0.1, 0.15) is 6.07 Å². The second-order valence-electron chi connectivity index (χ2n) is 5.34. The zero-order valence-corrected chi connectivity index (χ0v) is 12.5. The highest BCUT2D eigenvalue weighted by Crippen LogP contribution is 2.30. The summed E-state index contributed by atoms with van der Waals surface area (Å²) >= 11 is 6.01. The van der Waals surface area contributed by atoms with Crippen molar-refractivity contribution in [2.45, 2.75) is 12.8 Å². The molecule has 0 atom stereocenters. The van der Waals surface area contributed by atoms with Crippen molar-refractivity contribution in [2.24, 2.45) is 5.41 Å². The summed E-state index contributed by atoms with van der Waals surface area (Å²) in [6.45, 7) is 3.53. The van der Waals surface area contributed by atoms with Crippen LogP contribution in [0.25, 0.3) is 0 Å². The van der Waals surface area contributed by atoms with Gasteiger partial charge in [0, 0.05) is 24.1 Å². The number of methoxy groups -OCH3 is 1. The van der Waals surface area contributed by atoms with Crippen molar-refractivity contribution in [3.05, 3.63) is 28.8 Å². The summed E-state index contributed by atoms with van der Waals surface area (Å²) in [5.74, 6) is 0. The fourth-order valence-corrected chi connectivity index (χ4v) is 2.85. The van der Waals surface area contributed by atoms with Crippen LogP contribution in [-0.2, 0) is 4.74 Å². The average molecular weight is 294 g/mol. The lowest BCUT2D eigenvalue weighted by Gasteiger charge is -2.37. The topological polar surface area (TPSA) is 57.1 Å². The summed E-state index contributed by atoms with van der Waals surface area (Å²) in [5, 5.41) is 16.5.